The van der Waals surface area contributed by atoms with Gasteiger partial charge in [-0.05, 0) is 52.3 Å². The molecule has 0 saturated carbocycles. The number of imidazole rings is 1. The van der Waals surface area contributed by atoms with E-state index >= 15 is 0 Å². The fourth-order valence-electron chi connectivity index (χ4n) is 2.21. The first-order chi connectivity index (χ1) is 11.1. The topological polar surface area (TPSA) is 61.4 Å². The molecule has 5 nitrogen and oxygen atoms in total. The maximum Gasteiger partial charge on any atom is 0.260 e. The number of nitriles is 1. The molecule has 2 aromatic heterocycles. The van der Waals surface area contributed by atoms with E-state index in [1.165, 1.54) is 4.90 Å². The van der Waals surface area contributed by atoms with Crippen LogP contribution in [0.1, 0.15) is 10.4 Å². The molecule has 1 amide bonds. The molecule has 0 spiro atoms. The van der Waals surface area contributed by atoms with Gasteiger partial charge in [-0.15, -0.1) is 0 Å². The molecule has 0 N–H and O–H groups in total. The maximum absolute atomic E-state index is 12.8. The minimum absolute atomic E-state index is 0.0520. The normalized spacial score (nSPS) is 10.5. The number of anilines is 1. The number of hydrogen-bond donors (Lipinski definition) is 0. The van der Waals surface area contributed by atoms with E-state index in [1.54, 1.807) is 53.2 Å². The Labute approximate surface area is 145 Å². The number of nitrogens with zero attached hydrogens (tertiary/aromatic N) is 4. The molecule has 114 valence electrons. The summed E-state index contributed by atoms with van der Waals surface area (Å²) in [6.07, 6.45) is 3.35. The van der Waals surface area contributed by atoms with Crippen LogP contribution >= 0.6 is 27.5 Å². The van der Waals surface area contributed by atoms with Gasteiger partial charge in [0.25, 0.3) is 5.91 Å². The van der Waals surface area contributed by atoms with E-state index in [0.717, 1.165) is 10.3 Å². The van der Waals surface area contributed by atoms with E-state index in [1.807, 2.05) is 6.07 Å². The van der Waals surface area contributed by atoms with Crippen LogP contribution in [-0.2, 0) is 0 Å². The van der Waals surface area contributed by atoms with Crippen LogP contribution in [0.3, 0.4) is 0 Å². The minimum atomic E-state index is -0.267. The fourth-order valence-corrected chi connectivity index (χ4v) is 2.72. The summed E-state index contributed by atoms with van der Waals surface area (Å²) in [4.78, 5) is 18.4. The van der Waals surface area contributed by atoms with Crippen molar-refractivity contribution in [1.82, 2.24) is 9.38 Å². The largest absolute Gasteiger partial charge is 0.295 e. The van der Waals surface area contributed by atoms with Gasteiger partial charge < -0.3 is 0 Å². The fraction of sp³-hybridized carbons (Fsp3) is 0.0625. The Morgan fingerprint density at radius 2 is 2.04 bits per heavy atom. The lowest BCUT2D eigenvalue weighted by atomic mass is 10.2. The molecule has 2 heterocycles. The van der Waals surface area contributed by atoms with Crippen molar-refractivity contribution in [2.24, 2.45) is 0 Å². The number of aromatic nitrogens is 2. The summed E-state index contributed by atoms with van der Waals surface area (Å²) in [7, 11) is 0. The van der Waals surface area contributed by atoms with Crippen LogP contribution in [0.5, 0.6) is 0 Å². The quantitative estimate of drug-likeness (QED) is 0.638. The van der Waals surface area contributed by atoms with E-state index in [2.05, 4.69) is 20.9 Å². The Kier molecular flexibility index (Phi) is 4.33. The van der Waals surface area contributed by atoms with Gasteiger partial charge in [0, 0.05) is 16.9 Å². The van der Waals surface area contributed by atoms with Crippen LogP contribution < -0.4 is 4.90 Å². The molecule has 0 aliphatic heterocycles. The van der Waals surface area contributed by atoms with E-state index < -0.39 is 0 Å². The van der Waals surface area contributed by atoms with Crippen LogP contribution in [0.2, 0.25) is 5.02 Å². The zero-order chi connectivity index (χ0) is 16.4. The van der Waals surface area contributed by atoms with Crippen molar-refractivity contribution < 1.29 is 4.79 Å². The highest BCUT2D eigenvalue weighted by Crippen LogP contribution is 2.21. The molecule has 0 saturated heterocycles. The minimum Gasteiger partial charge on any atom is -0.295 e. The second kappa shape index (κ2) is 6.41. The Morgan fingerprint density at radius 1 is 1.30 bits per heavy atom. The molecule has 3 aromatic rings. The highest BCUT2D eigenvalue weighted by atomic mass is 79.9. The summed E-state index contributed by atoms with van der Waals surface area (Å²) in [6, 6.07) is 12.3. The monoisotopic (exact) mass is 388 g/mol. The van der Waals surface area contributed by atoms with Crippen molar-refractivity contribution in [3.8, 4) is 6.07 Å². The lowest BCUT2D eigenvalue weighted by Gasteiger charge is -2.20. The van der Waals surface area contributed by atoms with Crippen LogP contribution in [0, 0.1) is 11.3 Å². The molecule has 7 heteroatoms. The molecule has 1 aromatic carbocycles. The molecular formula is C16H10BrClN4O. The standard InChI is InChI=1S/C16H10BrClN4O/c17-14-9-20-15-6-1-11(10-22(14)15)16(23)21(8-7-19)13-4-2-12(18)3-5-13/h1-6,9-10H,8H2. The molecule has 0 unspecified atom stereocenters. The van der Waals surface area contributed by atoms with Gasteiger partial charge in [-0.2, -0.15) is 5.26 Å². The number of benzene rings is 1. The first-order valence-electron chi connectivity index (χ1n) is 6.67. The zero-order valence-electron chi connectivity index (χ0n) is 11.8. The van der Waals surface area contributed by atoms with Gasteiger partial charge >= 0.3 is 0 Å². The highest BCUT2D eigenvalue weighted by molar-refractivity contribution is 9.10. The summed E-state index contributed by atoms with van der Waals surface area (Å²) in [5, 5.41) is 9.61. The molecule has 23 heavy (non-hydrogen) atoms. The Bertz CT molecular complexity index is 914. The predicted octanol–water partition coefficient (Wildman–Crippen LogP) is 3.92. The molecular weight excluding hydrogens is 380 g/mol. The van der Waals surface area contributed by atoms with Gasteiger partial charge in [0.15, 0.2) is 0 Å². The third-order valence-corrected chi connectivity index (χ3v) is 4.16. The summed E-state index contributed by atoms with van der Waals surface area (Å²) >= 11 is 9.26. The SMILES string of the molecule is N#CCN(C(=O)c1ccc2ncc(Br)n2c1)c1ccc(Cl)cc1. The van der Waals surface area contributed by atoms with Crippen molar-refractivity contribution in [2.75, 3.05) is 11.4 Å². The molecule has 3 rings (SSSR count). The third-order valence-electron chi connectivity index (χ3n) is 3.32. The van der Waals surface area contributed by atoms with Gasteiger partial charge in [0.1, 0.15) is 16.8 Å². The average Bonchev–Trinajstić information content (AvgIpc) is 2.94. The van der Waals surface area contributed by atoms with Crippen LogP contribution in [0.4, 0.5) is 5.69 Å². The third kappa shape index (κ3) is 3.07. The number of halogens is 2. The molecule has 0 aliphatic carbocycles. The number of carbonyl (C=O) groups excluding carboxylic acids is 1. The van der Waals surface area contributed by atoms with E-state index in [-0.39, 0.29) is 12.5 Å². The molecule has 0 radical (unpaired) electrons. The molecule has 0 aliphatic rings. The van der Waals surface area contributed by atoms with Gasteiger partial charge in [-0.3, -0.25) is 14.1 Å². The highest BCUT2D eigenvalue weighted by Gasteiger charge is 2.18. The first-order valence-corrected chi connectivity index (χ1v) is 7.84. The second-order valence-electron chi connectivity index (χ2n) is 4.75. The van der Waals surface area contributed by atoms with Crippen molar-refractivity contribution in [3.63, 3.8) is 0 Å². The molecule has 0 bridgehead atoms. The Morgan fingerprint density at radius 3 is 2.74 bits per heavy atom. The zero-order valence-corrected chi connectivity index (χ0v) is 14.1. The van der Waals surface area contributed by atoms with Gasteiger partial charge in [0.05, 0.1) is 17.8 Å². The van der Waals surface area contributed by atoms with Crippen molar-refractivity contribution in [1.29, 1.82) is 5.26 Å². The summed E-state index contributed by atoms with van der Waals surface area (Å²) in [6.45, 7) is -0.0520. The number of hydrogen-bond acceptors (Lipinski definition) is 3. The number of rotatable bonds is 3. The second-order valence-corrected chi connectivity index (χ2v) is 6.00. The van der Waals surface area contributed by atoms with E-state index in [9.17, 15) is 4.79 Å². The van der Waals surface area contributed by atoms with Crippen molar-refractivity contribution in [3.05, 3.63) is 64.0 Å². The summed E-state index contributed by atoms with van der Waals surface area (Å²) in [5.74, 6) is -0.267. The van der Waals surface area contributed by atoms with E-state index in [0.29, 0.717) is 16.3 Å². The van der Waals surface area contributed by atoms with Gasteiger partial charge in [-0.1, -0.05) is 11.6 Å². The summed E-state index contributed by atoms with van der Waals surface area (Å²) < 4.78 is 2.51. The number of pyridine rings is 1. The van der Waals surface area contributed by atoms with Crippen molar-refractivity contribution >= 4 is 44.8 Å². The maximum atomic E-state index is 12.8. The molecule has 0 atom stereocenters. The lowest BCUT2D eigenvalue weighted by Crippen LogP contribution is -2.31. The average molecular weight is 390 g/mol. The number of amides is 1. The van der Waals surface area contributed by atoms with Crippen LogP contribution in [0.15, 0.2) is 53.4 Å². The van der Waals surface area contributed by atoms with Crippen molar-refractivity contribution in [2.45, 2.75) is 0 Å². The number of fused-ring (bicyclic) bond motifs is 1. The van der Waals surface area contributed by atoms with Gasteiger partial charge in [0.2, 0.25) is 0 Å². The first kappa shape index (κ1) is 15.5. The Balaban J connectivity index is 2.01. The van der Waals surface area contributed by atoms with E-state index in [4.69, 9.17) is 16.9 Å². The smallest absolute Gasteiger partial charge is 0.260 e. The van der Waals surface area contributed by atoms with Crippen LogP contribution in [0.25, 0.3) is 5.65 Å². The summed E-state index contributed by atoms with van der Waals surface area (Å²) in [5.41, 5.74) is 1.80. The number of carbonyl (C=O) groups is 1. The molecule has 0 fully saturated rings. The Hall–Kier alpha value is -2.36. The van der Waals surface area contributed by atoms with Crippen LogP contribution in [-0.4, -0.2) is 21.8 Å². The lowest BCUT2D eigenvalue weighted by molar-refractivity contribution is 0.0989. The predicted molar refractivity (Wildman–Crippen MR) is 91.6 cm³/mol. The van der Waals surface area contributed by atoms with Gasteiger partial charge in [-0.25, -0.2) is 4.98 Å².